The molecule has 2 nitrogen and oxygen atoms in total. The number of hydrogen-bond acceptors (Lipinski definition) is 2. The van der Waals surface area contributed by atoms with E-state index in [1.807, 2.05) is 0 Å². The SMILES string of the molecule is CN1C=CC(N2C=CCCC2)CC1. The molecule has 2 aliphatic rings. The summed E-state index contributed by atoms with van der Waals surface area (Å²) in [4.78, 5) is 4.72. The first-order chi connectivity index (χ1) is 6.36. The number of hydrogen-bond donors (Lipinski definition) is 0. The van der Waals surface area contributed by atoms with Gasteiger partial charge in [0.1, 0.15) is 0 Å². The van der Waals surface area contributed by atoms with E-state index in [-0.39, 0.29) is 0 Å². The van der Waals surface area contributed by atoms with Crippen LogP contribution in [0.5, 0.6) is 0 Å². The van der Waals surface area contributed by atoms with Crippen LogP contribution in [-0.4, -0.2) is 36.0 Å². The molecule has 0 N–H and O–H groups in total. The predicted octanol–water partition coefficient (Wildman–Crippen LogP) is 1.81. The Morgan fingerprint density at radius 3 is 2.77 bits per heavy atom. The van der Waals surface area contributed by atoms with Gasteiger partial charge in [-0.15, -0.1) is 0 Å². The Hall–Kier alpha value is -0.920. The molecular formula is C11H18N2. The molecule has 1 atom stereocenters. The molecule has 0 aromatic rings. The minimum atomic E-state index is 0.646. The highest BCUT2D eigenvalue weighted by Crippen LogP contribution is 2.16. The van der Waals surface area contributed by atoms with Crippen LogP contribution in [0.3, 0.4) is 0 Å². The highest BCUT2D eigenvalue weighted by atomic mass is 15.2. The van der Waals surface area contributed by atoms with Gasteiger partial charge in [0.15, 0.2) is 0 Å². The van der Waals surface area contributed by atoms with Crippen LogP contribution < -0.4 is 0 Å². The van der Waals surface area contributed by atoms with E-state index in [0.717, 1.165) is 0 Å². The maximum absolute atomic E-state index is 2.47. The summed E-state index contributed by atoms with van der Waals surface area (Å²) in [6.45, 7) is 2.42. The van der Waals surface area contributed by atoms with E-state index in [1.165, 1.54) is 32.4 Å². The maximum Gasteiger partial charge on any atom is 0.0501 e. The van der Waals surface area contributed by atoms with Gasteiger partial charge >= 0.3 is 0 Å². The molecule has 1 unspecified atom stereocenters. The molecule has 0 aromatic heterocycles. The van der Waals surface area contributed by atoms with Crippen molar-refractivity contribution in [2.75, 3.05) is 20.1 Å². The Kier molecular flexibility index (Phi) is 2.57. The van der Waals surface area contributed by atoms with Crippen LogP contribution in [-0.2, 0) is 0 Å². The first-order valence-corrected chi connectivity index (χ1v) is 5.17. The lowest BCUT2D eigenvalue weighted by Crippen LogP contribution is -2.36. The van der Waals surface area contributed by atoms with Crippen molar-refractivity contribution in [2.45, 2.75) is 25.3 Å². The van der Waals surface area contributed by atoms with Gasteiger partial charge < -0.3 is 9.80 Å². The van der Waals surface area contributed by atoms with E-state index >= 15 is 0 Å². The molecule has 0 saturated carbocycles. The zero-order valence-electron chi connectivity index (χ0n) is 8.32. The van der Waals surface area contributed by atoms with Crippen molar-refractivity contribution in [3.05, 3.63) is 24.6 Å². The summed E-state index contributed by atoms with van der Waals surface area (Å²) in [5, 5.41) is 0. The Morgan fingerprint density at radius 1 is 1.23 bits per heavy atom. The van der Waals surface area contributed by atoms with Crippen LogP contribution in [0, 0.1) is 0 Å². The lowest BCUT2D eigenvalue weighted by molar-refractivity contribution is 0.255. The molecule has 72 valence electrons. The Balaban J connectivity index is 1.97. The van der Waals surface area contributed by atoms with Gasteiger partial charge in [-0.25, -0.2) is 0 Å². The van der Waals surface area contributed by atoms with Gasteiger partial charge in [-0.2, -0.15) is 0 Å². The van der Waals surface area contributed by atoms with Gasteiger partial charge in [0.25, 0.3) is 0 Å². The fraction of sp³-hybridized carbons (Fsp3) is 0.636. The van der Waals surface area contributed by atoms with Gasteiger partial charge in [-0.1, -0.05) is 6.08 Å². The summed E-state index contributed by atoms with van der Waals surface area (Å²) in [5.41, 5.74) is 0. The highest BCUT2D eigenvalue weighted by molar-refractivity contribution is 5.03. The topological polar surface area (TPSA) is 6.48 Å². The van der Waals surface area contributed by atoms with Crippen molar-refractivity contribution in [3.8, 4) is 0 Å². The van der Waals surface area contributed by atoms with Crippen molar-refractivity contribution in [1.29, 1.82) is 0 Å². The molecule has 2 heteroatoms. The summed E-state index contributed by atoms with van der Waals surface area (Å²) in [6, 6.07) is 0.646. The fourth-order valence-corrected chi connectivity index (χ4v) is 1.98. The highest BCUT2D eigenvalue weighted by Gasteiger charge is 2.16. The monoisotopic (exact) mass is 178 g/mol. The molecule has 0 saturated heterocycles. The van der Waals surface area contributed by atoms with Crippen molar-refractivity contribution >= 4 is 0 Å². The maximum atomic E-state index is 2.47. The Morgan fingerprint density at radius 2 is 2.15 bits per heavy atom. The average molecular weight is 178 g/mol. The summed E-state index contributed by atoms with van der Waals surface area (Å²) >= 11 is 0. The van der Waals surface area contributed by atoms with E-state index in [0.29, 0.717) is 6.04 Å². The van der Waals surface area contributed by atoms with Crippen LogP contribution >= 0.6 is 0 Å². The molecule has 0 radical (unpaired) electrons. The molecule has 13 heavy (non-hydrogen) atoms. The second kappa shape index (κ2) is 3.86. The van der Waals surface area contributed by atoms with Gasteiger partial charge in [0, 0.05) is 20.1 Å². The number of rotatable bonds is 1. The summed E-state index contributed by atoms with van der Waals surface area (Å²) in [5.74, 6) is 0. The van der Waals surface area contributed by atoms with Gasteiger partial charge in [-0.05, 0) is 37.7 Å². The zero-order chi connectivity index (χ0) is 9.10. The van der Waals surface area contributed by atoms with Crippen LogP contribution in [0.2, 0.25) is 0 Å². The van der Waals surface area contributed by atoms with Crippen LogP contribution in [0.25, 0.3) is 0 Å². The van der Waals surface area contributed by atoms with E-state index in [9.17, 15) is 0 Å². The second-order valence-corrected chi connectivity index (χ2v) is 3.94. The number of nitrogens with zero attached hydrogens (tertiary/aromatic N) is 2. The molecule has 2 aliphatic heterocycles. The summed E-state index contributed by atoms with van der Waals surface area (Å²) < 4.78 is 0. The smallest absolute Gasteiger partial charge is 0.0501 e. The van der Waals surface area contributed by atoms with E-state index in [4.69, 9.17) is 0 Å². The molecule has 0 fully saturated rings. The van der Waals surface area contributed by atoms with E-state index < -0.39 is 0 Å². The molecular weight excluding hydrogens is 160 g/mol. The normalized spacial score (nSPS) is 28.2. The Bertz CT molecular complexity index is 220. The van der Waals surface area contributed by atoms with Crippen LogP contribution in [0.15, 0.2) is 24.6 Å². The minimum Gasteiger partial charge on any atom is -0.381 e. The second-order valence-electron chi connectivity index (χ2n) is 3.94. The summed E-state index contributed by atoms with van der Waals surface area (Å²) in [7, 11) is 2.14. The van der Waals surface area contributed by atoms with Gasteiger partial charge in [0.05, 0.1) is 6.04 Å². The fourth-order valence-electron chi connectivity index (χ4n) is 1.98. The van der Waals surface area contributed by atoms with Crippen LogP contribution in [0.1, 0.15) is 19.3 Å². The Labute approximate surface area is 80.5 Å². The predicted molar refractivity (Wildman–Crippen MR) is 55.3 cm³/mol. The van der Waals surface area contributed by atoms with Crippen LogP contribution in [0.4, 0.5) is 0 Å². The van der Waals surface area contributed by atoms with Crippen molar-refractivity contribution < 1.29 is 0 Å². The van der Waals surface area contributed by atoms with Crippen molar-refractivity contribution in [3.63, 3.8) is 0 Å². The lowest BCUT2D eigenvalue weighted by atomic mass is 10.1. The molecule has 0 amide bonds. The molecule has 0 bridgehead atoms. The van der Waals surface area contributed by atoms with E-state index in [1.54, 1.807) is 0 Å². The molecule has 0 aliphatic carbocycles. The van der Waals surface area contributed by atoms with Gasteiger partial charge in [-0.3, -0.25) is 0 Å². The van der Waals surface area contributed by atoms with E-state index in [2.05, 4.69) is 41.4 Å². The molecule has 2 heterocycles. The van der Waals surface area contributed by atoms with Gasteiger partial charge in [0.2, 0.25) is 0 Å². The minimum absolute atomic E-state index is 0.646. The molecule has 0 spiro atoms. The zero-order valence-corrected chi connectivity index (χ0v) is 8.32. The largest absolute Gasteiger partial charge is 0.381 e. The lowest BCUT2D eigenvalue weighted by Gasteiger charge is -2.34. The third-order valence-corrected chi connectivity index (χ3v) is 2.85. The molecule has 0 aromatic carbocycles. The van der Waals surface area contributed by atoms with Crippen molar-refractivity contribution in [1.82, 2.24) is 9.80 Å². The number of allylic oxidation sites excluding steroid dienone is 1. The third kappa shape index (κ3) is 2.06. The standard InChI is InChI=1S/C11H18N2/c1-12-9-5-11(6-10-12)13-7-3-2-4-8-13/h3,5,7,9,11H,2,4,6,8,10H2,1H3. The quantitative estimate of drug-likeness (QED) is 0.604. The third-order valence-electron chi connectivity index (χ3n) is 2.85. The van der Waals surface area contributed by atoms with Crippen molar-refractivity contribution in [2.24, 2.45) is 0 Å². The first-order valence-electron chi connectivity index (χ1n) is 5.17. The molecule has 2 rings (SSSR count). The average Bonchev–Trinajstić information content (AvgIpc) is 2.20. The summed E-state index contributed by atoms with van der Waals surface area (Å²) in [6.07, 6.45) is 12.9. The first kappa shape index (κ1) is 8.67.